The standard InChI is InChI=1S/C12H18N2OS.C6H4Cl2/c1-12(2,3)16-14-9-6-8-15-10-5-4-7-13-11(9)10;7-5-3-1-2-4-6(5)8/h4-5,7,9,14H,6,8H2,1-3H3;1-4H. The fourth-order valence-corrected chi connectivity index (χ4v) is 3.01. The van der Waals surface area contributed by atoms with Crippen LogP contribution < -0.4 is 9.46 Å². The first-order valence-corrected chi connectivity index (χ1v) is 9.35. The second-order valence-corrected chi connectivity index (χ2v) is 8.80. The Hall–Kier alpha value is -0.940. The number of halogens is 2. The number of fused-ring (bicyclic) bond motifs is 1. The molecule has 0 fully saturated rings. The molecule has 2 heterocycles. The topological polar surface area (TPSA) is 34.1 Å². The molecule has 1 N–H and O–H groups in total. The SMILES string of the molecule is CC(C)(C)SNC1CCOc2cccnc21.Clc1ccccc1Cl. The molecule has 0 spiro atoms. The molecule has 3 nitrogen and oxygen atoms in total. The lowest BCUT2D eigenvalue weighted by Crippen LogP contribution is -2.27. The minimum atomic E-state index is 0.216. The zero-order valence-corrected chi connectivity index (χ0v) is 16.4. The summed E-state index contributed by atoms with van der Waals surface area (Å²) in [7, 11) is 0. The monoisotopic (exact) mass is 384 g/mol. The van der Waals surface area contributed by atoms with Crippen molar-refractivity contribution in [3.05, 3.63) is 58.3 Å². The van der Waals surface area contributed by atoms with Gasteiger partial charge in [0.1, 0.15) is 11.4 Å². The van der Waals surface area contributed by atoms with Gasteiger partial charge in [0.15, 0.2) is 0 Å². The Labute approximate surface area is 158 Å². The summed E-state index contributed by atoms with van der Waals surface area (Å²) < 4.78 is 9.28. The molecule has 3 rings (SSSR count). The number of pyridine rings is 1. The highest BCUT2D eigenvalue weighted by Crippen LogP contribution is 2.33. The molecule has 1 unspecified atom stereocenters. The van der Waals surface area contributed by atoms with Crippen LogP contribution in [-0.4, -0.2) is 16.3 Å². The van der Waals surface area contributed by atoms with Crippen molar-refractivity contribution in [2.24, 2.45) is 0 Å². The van der Waals surface area contributed by atoms with Gasteiger partial charge in [-0.15, -0.1) is 0 Å². The Bertz CT molecular complexity index is 640. The van der Waals surface area contributed by atoms with Gasteiger partial charge in [-0.3, -0.25) is 9.71 Å². The van der Waals surface area contributed by atoms with Crippen LogP contribution in [0.15, 0.2) is 42.6 Å². The van der Waals surface area contributed by atoms with Crippen molar-refractivity contribution in [2.75, 3.05) is 6.61 Å². The maximum Gasteiger partial charge on any atom is 0.142 e. The second-order valence-electron chi connectivity index (χ2n) is 6.32. The van der Waals surface area contributed by atoms with E-state index in [0.717, 1.165) is 24.5 Å². The number of ether oxygens (including phenoxy) is 1. The van der Waals surface area contributed by atoms with Crippen LogP contribution in [0.3, 0.4) is 0 Å². The molecule has 1 aromatic heterocycles. The van der Waals surface area contributed by atoms with Gasteiger partial charge in [-0.25, -0.2) is 0 Å². The Balaban J connectivity index is 0.000000219. The molecule has 130 valence electrons. The maximum absolute atomic E-state index is 5.58. The summed E-state index contributed by atoms with van der Waals surface area (Å²) in [6.07, 6.45) is 2.80. The summed E-state index contributed by atoms with van der Waals surface area (Å²) in [5, 5.41) is 1.21. The van der Waals surface area contributed by atoms with Crippen LogP contribution in [-0.2, 0) is 0 Å². The molecule has 0 aliphatic carbocycles. The van der Waals surface area contributed by atoms with Crippen LogP contribution in [0.2, 0.25) is 10.0 Å². The molecule has 2 aromatic rings. The molecule has 0 radical (unpaired) electrons. The molecule has 0 amide bonds. The average molecular weight is 385 g/mol. The van der Waals surface area contributed by atoms with E-state index in [4.69, 9.17) is 27.9 Å². The van der Waals surface area contributed by atoms with Crippen molar-refractivity contribution in [2.45, 2.75) is 38.0 Å². The van der Waals surface area contributed by atoms with E-state index < -0.39 is 0 Å². The molecule has 1 aliphatic rings. The fourth-order valence-electron chi connectivity index (χ4n) is 2.01. The Morgan fingerprint density at radius 1 is 1.12 bits per heavy atom. The number of nitrogens with one attached hydrogen (secondary N) is 1. The van der Waals surface area contributed by atoms with E-state index in [0.29, 0.717) is 16.1 Å². The summed E-state index contributed by atoms with van der Waals surface area (Å²) in [6.45, 7) is 7.36. The number of aromatic nitrogens is 1. The van der Waals surface area contributed by atoms with Crippen LogP contribution in [0, 0.1) is 0 Å². The minimum Gasteiger partial charge on any atom is -0.492 e. The van der Waals surface area contributed by atoms with Gasteiger partial charge in [0.25, 0.3) is 0 Å². The van der Waals surface area contributed by atoms with E-state index in [1.54, 1.807) is 24.1 Å². The van der Waals surface area contributed by atoms with Gasteiger partial charge >= 0.3 is 0 Å². The zero-order valence-electron chi connectivity index (χ0n) is 14.1. The molecule has 6 heteroatoms. The van der Waals surface area contributed by atoms with Crippen molar-refractivity contribution in [1.29, 1.82) is 0 Å². The highest BCUT2D eigenvalue weighted by Gasteiger charge is 2.24. The molecule has 0 saturated heterocycles. The third-order valence-corrected chi connectivity index (χ3v) is 4.90. The van der Waals surface area contributed by atoms with E-state index >= 15 is 0 Å². The van der Waals surface area contributed by atoms with Crippen molar-refractivity contribution < 1.29 is 4.74 Å². The highest BCUT2D eigenvalue weighted by molar-refractivity contribution is 7.98. The summed E-state index contributed by atoms with van der Waals surface area (Å²) in [5.74, 6) is 0.917. The first-order chi connectivity index (χ1) is 11.4. The van der Waals surface area contributed by atoms with Crippen molar-refractivity contribution in [1.82, 2.24) is 9.71 Å². The quantitative estimate of drug-likeness (QED) is 0.649. The Kier molecular flexibility index (Phi) is 7.23. The van der Waals surface area contributed by atoms with Crippen molar-refractivity contribution in [3.63, 3.8) is 0 Å². The maximum atomic E-state index is 5.58. The minimum absolute atomic E-state index is 0.216. The second kappa shape index (κ2) is 8.95. The molecule has 0 bridgehead atoms. The molecule has 24 heavy (non-hydrogen) atoms. The first kappa shape index (κ1) is 19.4. The molecular weight excluding hydrogens is 363 g/mol. The Morgan fingerprint density at radius 3 is 2.38 bits per heavy atom. The molecular formula is C18H22Cl2N2OS. The number of nitrogens with zero attached hydrogens (tertiary/aromatic N) is 1. The van der Waals surface area contributed by atoms with Crippen LogP contribution in [0.4, 0.5) is 0 Å². The predicted molar refractivity (Wildman–Crippen MR) is 104 cm³/mol. The third-order valence-electron chi connectivity index (χ3n) is 3.13. The van der Waals surface area contributed by atoms with Crippen LogP contribution in [0.25, 0.3) is 0 Å². The van der Waals surface area contributed by atoms with Crippen LogP contribution >= 0.6 is 35.1 Å². The van der Waals surface area contributed by atoms with Gasteiger partial charge in [-0.2, -0.15) is 0 Å². The smallest absolute Gasteiger partial charge is 0.142 e. The van der Waals surface area contributed by atoms with E-state index in [-0.39, 0.29) is 4.75 Å². The summed E-state index contributed by atoms with van der Waals surface area (Å²) in [6, 6.07) is 11.4. The zero-order chi connectivity index (χ0) is 17.6. The van der Waals surface area contributed by atoms with Gasteiger partial charge < -0.3 is 4.74 Å². The number of hydrogen-bond donors (Lipinski definition) is 1. The van der Waals surface area contributed by atoms with Gasteiger partial charge in [0.05, 0.1) is 22.7 Å². The lowest BCUT2D eigenvalue weighted by Gasteiger charge is -2.28. The largest absolute Gasteiger partial charge is 0.492 e. The van der Waals surface area contributed by atoms with E-state index in [1.165, 1.54) is 0 Å². The highest BCUT2D eigenvalue weighted by atomic mass is 35.5. The first-order valence-electron chi connectivity index (χ1n) is 7.78. The van der Waals surface area contributed by atoms with Crippen LogP contribution in [0.5, 0.6) is 5.75 Å². The van der Waals surface area contributed by atoms with E-state index in [1.807, 2.05) is 30.5 Å². The lowest BCUT2D eigenvalue weighted by molar-refractivity contribution is 0.260. The number of benzene rings is 1. The molecule has 1 aromatic carbocycles. The Morgan fingerprint density at radius 2 is 1.79 bits per heavy atom. The molecule has 0 saturated carbocycles. The third kappa shape index (κ3) is 6.17. The predicted octanol–water partition coefficient (Wildman–Crippen LogP) is 5.93. The number of hydrogen-bond acceptors (Lipinski definition) is 4. The van der Waals surface area contributed by atoms with Crippen molar-refractivity contribution in [3.8, 4) is 5.75 Å². The normalized spacial score (nSPS) is 16.5. The average Bonchev–Trinajstić information content (AvgIpc) is 2.55. The summed E-state index contributed by atoms with van der Waals surface area (Å²) in [4.78, 5) is 4.40. The molecule has 1 aliphatic heterocycles. The van der Waals surface area contributed by atoms with Gasteiger partial charge in [0.2, 0.25) is 0 Å². The summed E-state index contributed by atoms with van der Waals surface area (Å²) >= 11 is 12.9. The van der Waals surface area contributed by atoms with E-state index in [2.05, 4.69) is 30.5 Å². The lowest BCUT2D eigenvalue weighted by atomic mass is 10.1. The number of rotatable bonds is 2. The van der Waals surface area contributed by atoms with E-state index in [9.17, 15) is 0 Å². The fraction of sp³-hybridized carbons (Fsp3) is 0.389. The summed E-state index contributed by atoms with van der Waals surface area (Å²) in [5.41, 5.74) is 1.03. The van der Waals surface area contributed by atoms with Crippen molar-refractivity contribution >= 4 is 35.1 Å². The molecule has 1 atom stereocenters. The van der Waals surface area contributed by atoms with Gasteiger partial charge in [-0.1, -0.05) is 47.3 Å². The van der Waals surface area contributed by atoms with Gasteiger partial charge in [0, 0.05) is 17.4 Å². The van der Waals surface area contributed by atoms with Crippen LogP contribution in [0.1, 0.15) is 38.9 Å². The van der Waals surface area contributed by atoms with Gasteiger partial charge in [-0.05, 0) is 45.0 Å².